The summed E-state index contributed by atoms with van der Waals surface area (Å²) < 4.78 is 0. The minimum atomic E-state index is 0. The first-order chi connectivity index (χ1) is 9.49. The Kier molecular flexibility index (Phi) is 6.69. The molecule has 2 rings (SSSR count). The molecule has 1 aliphatic heterocycles. The molecule has 21 heavy (non-hydrogen) atoms. The van der Waals surface area contributed by atoms with Gasteiger partial charge in [0.15, 0.2) is 0 Å². The van der Waals surface area contributed by atoms with Crippen LogP contribution in [-0.4, -0.2) is 25.5 Å². The second-order valence-electron chi connectivity index (χ2n) is 6.22. The molecule has 0 spiro atoms. The molecule has 0 aliphatic carbocycles. The highest BCUT2D eigenvalue weighted by Gasteiger charge is 2.27. The molecule has 0 radical (unpaired) electrons. The molecule has 118 valence electrons. The van der Waals surface area contributed by atoms with Gasteiger partial charge in [-0.25, -0.2) is 0 Å². The van der Waals surface area contributed by atoms with E-state index >= 15 is 0 Å². The van der Waals surface area contributed by atoms with Crippen LogP contribution in [-0.2, 0) is 4.79 Å². The van der Waals surface area contributed by atoms with Crippen molar-refractivity contribution in [1.29, 1.82) is 0 Å². The molecule has 0 unspecified atom stereocenters. The predicted molar refractivity (Wildman–Crippen MR) is 91.4 cm³/mol. The predicted octanol–water partition coefficient (Wildman–Crippen LogP) is 3.58. The third-order valence-electron chi connectivity index (χ3n) is 4.25. The Morgan fingerprint density at radius 3 is 2.43 bits per heavy atom. The zero-order chi connectivity index (χ0) is 14.7. The van der Waals surface area contributed by atoms with Crippen LogP contribution in [0.4, 0.5) is 5.69 Å². The summed E-state index contributed by atoms with van der Waals surface area (Å²) in [6.07, 6.45) is 1.88. The first-order valence-corrected chi connectivity index (χ1v) is 7.60. The molecule has 1 aliphatic rings. The number of hydrogen-bond donors (Lipinski definition) is 1. The normalized spacial score (nSPS) is 21.8. The fourth-order valence-electron chi connectivity index (χ4n) is 2.84. The van der Waals surface area contributed by atoms with Crippen molar-refractivity contribution >= 4 is 24.0 Å². The van der Waals surface area contributed by atoms with Crippen LogP contribution >= 0.6 is 12.4 Å². The minimum absolute atomic E-state index is 0. The lowest BCUT2D eigenvalue weighted by atomic mass is 9.92. The molecule has 0 bridgehead atoms. The monoisotopic (exact) mass is 310 g/mol. The van der Waals surface area contributed by atoms with Gasteiger partial charge in [-0.05, 0) is 49.9 Å². The molecule has 1 amide bonds. The van der Waals surface area contributed by atoms with Gasteiger partial charge in [-0.3, -0.25) is 4.79 Å². The van der Waals surface area contributed by atoms with Gasteiger partial charge in [0.2, 0.25) is 5.91 Å². The van der Waals surface area contributed by atoms with E-state index in [0.717, 1.165) is 25.1 Å². The maximum Gasteiger partial charge on any atom is 0.229 e. The van der Waals surface area contributed by atoms with E-state index in [1.54, 1.807) is 0 Å². The van der Waals surface area contributed by atoms with Gasteiger partial charge < -0.3 is 10.2 Å². The SMILES string of the molecule is CC(C)c1ccc(N(C)C(=O)[C@H]2CCN[C@@H](C)C2)cc1.Cl. The lowest BCUT2D eigenvalue weighted by molar-refractivity contribution is -0.123. The highest BCUT2D eigenvalue weighted by molar-refractivity contribution is 5.94. The number of hydrogen-bond acceptors (Lipinski definition) is 2. The summed E-state index contributed by atoms with van der Waals surface area (Å²) >= 11 is 0. The average Bonchev–Trinajstić information content (AvgIpc) is 2.46. The molecule has 2 atom stereocenters. The molecule has 1 aromatic rings. The quantitative estimate of drug-likeness (QED) is 0.925. The number of halogens is 1. The van der Waals surface area contributed by atoms with Crippen LogP contribution in [0.1, 0.15) is 45.1 Å². The van der Waals surface area contributed by atoms with Crippen LogP contribution in [0, 0.1) is 5.92 Å². The summed E-state index contributed by atoms with van der Waals surface area (Å²) in [6, 6.07) is 8.79. The van der Waals surface area contributed by atoms with Crippen LogP contribution in [0.25, 0.3) is 0 Å². The number of rotatable bonds is 3. The zero-order valence-electron chi connectivity index (χ0n) is 13.4. The van der Waals surface area contributed by atoms with Crippen molar-refractivity contribution in [2.24, 2.45) is 5.92 Å². The number of nitrogens with one attached hydrogen (secondary N) is 1. The van der Waals surface area contributed by atoms with E-state index in [2.05, 4.69) is 50.4 Å². The van der Waals surface area contributed by atoms with E-state index in [1.165, 1.54) is 5.56 Å². The van der Waals surface area contributed by atoms with Crippen molar-refractivity contribution in [3.8, 4) is 0 Å². The molecule has 1 N–H and O–H groups in total. The van der Waals surface area contributed by atoms with Gasteiger partial charge in [-0.15, -0.1) is 12.4 Å². The first-order valence-electron chi connectivity index (χ1n) is 7.60. The maximum absolute atomic E-state index is 12.6. The number of carbonyl (C=O) groups is 1. The summed E-state index contributed by atoms with van der Waals surface area (Å²) in [5.74, 6) is 0.923. The molecule has 1 heterocycles. The fourth-order valence-corrected chi connectivity index (χ4v) is 2.84. The molecule has 1 saturated heterocycles. The highest BCUT2D eigenvalue weighted by Crippen LogP contribution is 2.24. The molecule has 4 heteroatoms. The number of carbonyl (C=O) groups excluding carboxylic acids is 1. The van der Waals surface area contributed by atoms with Gasteiger partial charge in [0.1, 0.15) is 0 Å². The van der Waals surface area contributed by atoms with E-state index in [0.29, 0.717) is 12.0 Å². The topological polar surface area (TPSA) is 32.3 Å². The average molecular weight is 311 g/mol. The van der Waals surface area contributed by atoms with Gasteiger partial charge in [0.25, 0.3) is 0 Å². The Morgan fingerprint density at radius 2 is 1.90 bits per heavy atom. The van der Waals surface area contributed by atoms with Gasteiger partial charge in [0, 0.05) is 24.7 Å². The molecule has 0 saturated carbocycles. The molecule has 0 aromatic heterocycles. The number of piperidine rings is 1. The Bertz CT molecular complexity index is 458. The van der Waals surface area contributed by atoms with Gasteiger partial charge in [0.05, 0.1) is 0 Å². The van der Waals surface area contributed by atoms with E-state index in [9.17, 15) is 4.79 Å². The summed E-state index contributed by atoms with van der Waals surface area (Å²) in [5, 5.41) is 3.39. The van der Waals surface area contributed by atoms with Gasteiger partial charge >= 0.3 is 0 Å². The molecular formula is C17H27ClN2O. The van der Waals surface area contributed by atoms with Crippen molar-refractivity contribution in [1.82, 2.24) is 5.32 Å². The second kappa shape index (κ2) is 7.81. The third kappa shape index (κ3) is 4.45. The van der Waals surface area contributed by atoms with Crippen molar-refractivity contribution < 1.29 is 4.79 Å². The first kappa shape index (κ1) is 18.0. The molecule has 1 aromatic carbocycles. The second-order valence-corrected chi connectivity index (χ2v) is 6.22. The van der Waals surface area contributed by atoms with Crippen LogP contribution in [0.15, 0.2) is 24.3 Å². The van der Waals surface area contributed by atoms with Gasteiger partial charge in [-0.1, -0.05) is 26.0 Å². The molecule has 1 fully saturated rings. The third-order valence-corrected chi connectivity index (χ3v) is 4.25. The van der Waals surface area contributed by atoms with Crippen molar-refractivity contribution in [3.63, 3.8) is 0 Å². The summed E-state index contributed by atoms with van der Waals surface area (Å²) in [6.45, 7) is 7.45. The minimum Gasteiger partial charge on any atom is -0.315 e. The number of benzene rings is 1. The van der Waals surface area contributed by atoms with E-state index in [1.807, 2.05) is 11.9 Å². The summed E-state index contributed by atoms with van der Waals surface area (Å²) in [5.41, 5.74) is 2.30. The van der Waals surface area contributed by atoms with E-state index in [4.69, 9.17) is 0 Å². The van der Waals surface area contributed by atoms with Crippen LogP contribution < -0.4 is 10.2 Å². The Morgan fingerprint density at radius 1 is 1.29 bits per heavy atom. The lowest BCUT2D eigenvalue weighted by Gasteiger charge is -2.30. The number of anilines is 1. The Hall–Kier alpha value is -1.06. The molecular weight excluding hydrogens is 284 g/mol. The standard InChI is InChI=1S/C17H26N2O.ClH/c1-12(2)14-5-7-16(8-6-14)19(4)17(20)15-9-10-18-13(3)11-15;/h5-8,12-13,15,18H,9-11H2,1-4H3;1H/t13-,15-;/m0./s1. The van der Waals surface area contributed by atoms with E-state index < -0.39 is 0 Å². The van der Waals surface area contributed by atoms with Crippen LogP contribution in [0.2, 0.25) is 0 Å². The smallest absolute Gasteiger partial charge is 0.229 e. The summed E-state index contributed by atoms with van der Waals surface area (Å²) in [7, 11) is 1.89. The van der Waals surface area contributed by atoms with Crippen LogP contribution in [0.3, 0.4) is 0 Å². The van der Waals surface area contributed by atoms with E-state index in [-0.39, 0.29) is 24.2 Å². The number of amides is 1. The molecule has 3 nitrogen and oxygen atoms in total. The van der Waals surface area contributed by atoms with Crippen molar-refractivity contribution in [2.45, 2.75) is 45.6 Å². The van der Waals surface area contributed by atoms with Crippen molar-refractivity contribution in [2.75, 3.05) is 18.5 Å². The largest absolute Gasteiger partial charge is 0.315 e. The van der Waals surface area contributed by atoms with Gasteiger partial charge in [-0.2, -0.15) is 0 Å². The maximum atomic E-state index is 12.6. The zero-order valence-corrected chi connectivity index (χ0v) is 14.2. The van der Waals surface area contributed by atoms with Crippen molar-refractivity contribution in [3.05, 3.63) is 29.8 Å². The summed E-state index contributed by atoms with van der Waals surface area (Å²) in [4.78, 5) is 14.4. The Labute approximate surface area is 134 Å². The lowest BCUT2D eigenvalue weighted by Crippen LogP contribution is -2.43. The fraction of sp³-hybridized carbons (Fsp3) is 0.588. The number of nitrogens with zero attached hydrogens (tertiary/aromatic N) is 1. The Balaban J connectivity index is 0.00000220. The van der Waals surface area contributed by atoms with Crippen LogP contribution in [0.5, 0.6) is 0 Å². The highest BCUT2D eigenvalue weighted by atomic mass is 35.5.